The van der Waals surface area contributed by atoms with Gasteiger partial charge in [0.1, 0.15) is 11.9 Å². The van der Waals surface area contributed by atoms with Crippen LogP contribution in [0.4, 0.5) is 4.39 Å². The second kappa shape index (κ2) is 11.6. The standard InChI is InChI=1S/C24H30FN3O3/c1-19(29)28(18-21-7-9-22(25)10-8-21)23(17-20-5-3-2-4-6-20)24(30)26-11-12-27-13-15-31-16-14-27/h2-10,23H,11-18H2,1H3,(H,26,30)/t23-/m1/s1. The van der Waals surface area contributed by atoms with E-state index >= 15 is 0 Å². The van der Waals surface area contributed by atoms with E-state index in [4.69, 9.17) is 4.74 Å². The van der Waals surface area contributed by atoms with Crippen LogP contribution >= 0.6 is 0 Å². The molecule has 3 rings (SSSR count). The van der Waals surface area contributed by atoms with E-state index in [1.165, 1.54) is 19.1 Å². The van der Waals surface area contributed by atoms with E-state index in [1.54, 1.807) is 17.0 Å². The minimum absolute atomic E-state index is 0.186. The average molecular weight is 428 g/mol. The van der Waals surface area contributed by atoms with Crippen molar-refractivity contribution >= 4 is 11.8 Å². The summed E-state index contributed by atoms with van der Waals surface area (Å²) in [6.45, 7) is 6.08. The Labute approximate surface area is 183 Å². The highest BCUT2D eigenvalue weighted by Crippen LogP contribution is 2.15. The first-order chi connectivity index (χ1) is 15.0. The van der Waals surface area contributed by atoms with Gasteiger partial charge in [-0.3, -0.25) is 14.5 Å². The van der Waals surface area contributed by atoms with Gasteiger partial charge >= 0.3 is 0 Å². The quantitative estimate of drug-likeness (QED) is 0.667. The number of carbonyl (C=O) groups excluding carboxylic acids is 2. The molecule has 1 aliphatic rings. The number of nitrogens with zero attached hydrogens (tertiary/aromatic N) is 2. The van der Waals surface area contributed by atoms with E-state index in [1.807, 2.05) is 30.3 Å². The van der Waals surface area contributed by atoms with Crippen molar-refractivity contribution in [2.75, 3.05) is 39.4 Å². The number of rotatable bonds is 9. The van der Waals surface area contributed by atoms with E-state index in [0.29, 0.717) is 26.2 Å². The number of hydrogen-bond acceptors (Lipinski definition) is 4. The molecule has 0 aromatic heterocycles. The van der Waals surface area contributed by atoms with Crippen molar-refractivity contribution in [3.63, 3.8) is 0 Å². The zero-order chi connectivity index (χ0) is 22.1. The van der Waals surface area contributed by atoms with Crippen molar-refractivity contribution in [2.45, 2.75) is 25.9 Å². The maximum atomic E-state index is 13.3. The van der Waals surface area contributed by atoms with Crippen LogP contribution in [0.1, 0.15) is 18.1 Å². The first-order valence-corrected chi connectivity index (χ1v) is 10.7. The van der Waals surface area contributed by atoms with Crippen LogP contribution in [-0.4, -0.2) is 67.0 Å². The first-order valence-electron chi connectivity index (χ1n) is 10.7. The van der Waals surface area contributed by atoms with Gasteiger partial charge in [-0.15, -0.1) is 0 Å². The number of nitrogens with one attached hydrogen (secondary N) is 1. The fraction of sp³-hybridized carbons (Fsp3) is 0.417. The van der Waals surface area contributed by atoms with Gasteiger partial charge in [-0.1, -0.05) is 42.5 Å². The highest BCUT2D eigenvalue weighted by atomic mass is 19.1. The van der Waals surface area contributed by atoms with E-state index in [2.05, 4.69) is 10.2 Å². The molecule has 1 fully saturated rings. The maximum absolute atomic E-state index is 13.3. The Kier molecular flexibility index (Phi) is 8.55. The molecule has 2 aromatic carbocycles. The van der Waals surface area contributed by atoms with E-state index in [-0.39, 0.29) is 24.2 Å². The van der Waals surface area contributed by atoms with Gasteiger partial charge in [0.05, 0.1) is 13.2 Å². The Morgan fingerprint density at radius 2 is 1.74 bits per heavy atom. The SMILES string of the molecule is CC(=O)N(Cc1ccc(F)cc1)[C@H](Cc1ccccc1)C(=O)NCCN1CCOCC1. The summed E-state index contributed by atoms with van der Waals surface area (Å²) in [4.78, 5) is 29.5. The van der Waals surface area contributed by atoms with Crippen LogP contribution in [0.5, 0.6) is 0 Å². The minimum atomic E-state index is -0.658. The maximum Gasteiger partial charge on any atom is 0.243 e. The summed E-state index contributed by atoms with van der Waals surface area (Å²) in [5.41, 5.74) is 1.75. The van der Waals surface area contributed by atoms with Crippen molar-refractivity contribution < 1.29 is 18.7 Å². The highest BCUT2D eigenvalue weighted by molar-refractivity contribution is 5.87. The molecule has 166 valence electrons. The molecule has 2 amide bonds. The van der Waals surface area contributed by atoms with Gasteiger partial charge in [0, 0.05) is 46.1 Å². The molecule has 0 spiro atoms. The normalized spacial score (nSPS) is 15.3. The minimum Gasteiger partial charge on any atom is -0.379 e. The molecule has 0 unspecified atom stereocenters. The second-order valence-electron chi connectivity index (χ2n) is 7.72. The van der Waals surface area contributed by atoms with Gasteiger partial charge in [0.15, 0.2) is 0 Å². The summed E-state index contributed by atoms with van der Waals surface area (Å²) in [6.07, 6.45) is 0.408. The Hall–Kier alpha value is -2.77. The van der Waals surface area contributed by atoms with Gasteiger partial charge in [0.2, 0.25) is 11.8 Å². The lowest BCUT2D eigenvalue weighted by molar-refractivity contribution is -0.139. The Morgan fingerprint density at radius 3 is 2.39 bits per heavy atom. The number of halogens is 1. The Morgan fingerprint density at radius 1 is 1.06 bits per heavy atom. The molecule has 1 atom stereocenters. The fourth-order valence-electron chi connectivity index (χ4n) is 3.69. The summed E-state index contributed by atoms with van der Waals surface area (Å²) >= 11 is 0. The summed E-state index contributed by atoms with van der Waals surface area (Å²) in [5.74, 6) is -0.720. The van der Waals surface area contributed by atoms with Crippen LogP contribution in [0.25, 0.3) is 0 Å². The predicted octanol–water partition coefficient (Wildman–Crippen LogP) is 2.23. The van der Waals surface area contributed by atoms with Crippen molar-refractivity contribution in [3.8, 4) is 0 Å². The van der Waals surface area contributed by atoms with Gasteiger partial charge < -0.3 is 15.0 Å². The lowest BCUT2D eigenvalue weighted by Gasteiger charge is -2.31. The third-order valence-corrected chi connectivity index (χ3v) is 5.45. The summed E-state index contributed by atoms with van der Waals surface area (Å²) in [7, 11) is 0. The van der Waals surface area contributed by atoms with Crippen LogP contribution in [0.15, 0.2) is 54.6 Å². The summed E-state index contributed by atoms with van der Waals surface area (Å²) in [6, 6.07) is 15.0. The molecule has 0 saturated carbocycles. The molecular formula is C24H30FN3O3. The fourth-order valence-corrected chi connectivity index (χ4v) is 3.69. The zero-order valence-electron chi connectivity index (χ0n) is 17.9. The van der Waals surface area contributed by atoms with Crippen molar-refractivity contribution in [2.24, 2.45) is 0 Å². The van der Waals surface area contributed by atoms with Crippen LogP contribution in [-0.2, 0) is 27.3 Å². The van der Waals surface area contributed by atoms with Gasteiger partial charge in [-0.25, -0.2) is 4.39 Å². The molecule has 0 aliphatic carbocycles. The number of hydrogen-bond donors (Lipinski definition) is 1. The van der Waals surface area contributed by atoms with Crippen molar-refractivity contribution in [1.29, 1.82) is 0 Å². The molecule has 2 aromatic rings. The van der Waals surface area contributed by atoms with Crippen LogP contribution in [0.3, 0.4) is 0 Å². The van der Waals surface area contributed by atoms with Crippen molar-refractivity contribution in [3.05, 3.63) is 71.5 Å². The summed E-state index contributed by atoms with van der Waals surface area (Å²) < 4.78 is 18.7. The molecule has 7 heteroatoms. The van der Waals surface area contributed by atoms with Crippen molar-refractivity contribution in [1.82, 2.24) is 15.1 Å². The number of carbonyl (C=O) groups is 2. The second-order valence-corrected chi connectivity index (χ2v) is 7.72. The molecule has 31 heavy (non-hydrogen) atoms. The largest absolute Gasteiger partial charge is 0.379 e. The lowest BCUT2D eigenvalue weighted by atomic mass is 10.0. The van der Waals surface area contributed by atoms with Gasteiger partial charge in [0.25, 0.3) is 0 Å². The topological polar surface area (TPSA) is 61.9 Å². The number of amides is 2. The molecule has 1 aliphatic heterocycles. The number of morpholine rings is 1. The third-order valence-electron chi connectivity index (χ3n) is 5.45. The van der Waals surface area contributed by atoms with Crippen LogP contribution in [0, 0.1) is 5.82 Å². The van der Waals surface area contributed by atoms with E-state index in [9.17, 15) is 14.0 Å². The lowest BCUT2D eigenvalue weighted by Crippen LogP contribution is -2.51. The third kappa shape index (κ3) is 7.15. The van der Waals surface area contributed by atoms with E-state index < -0.39 is 6.04 Å². The molecule has 1 N–H and O–H groups in total. The van der Waals surface area contributed by atoms with Crippen LogP contribution in [0.2, 0.25) is 0 Å². The number of ether oxygens (including phenoxy) is 1. The predicted molar refractivity (Wildman–Crippen MR) is 117 cm³/mol. The molecule has 1 heterocycles. The molecule has 0 bridgehead atoms. The molecule has 0 radical (unpaired) electrons. The molecule has 6 nitrogen and oxygen atoms in total. The highest BCUT2D eigenvalue weighted by Gasteiger charge is 2.28. The number of benzene rings is 2. The first kappa shape index (κ1) is 22.9. The monoisotopic (exact) mass is 427 g/mol. The van der Waals surface area contributed by atoms with Gasteiger partial charge in [-0.05, 0) is 23.3 Å². The molecule has 1 saturated heterocycles. The summed E-state index contributed by atoms with van der Waals surface area (Å²) in [5, 5.41) is 3.01. The Balaban J connectivity index is 1.71. The zero-order valence-corrected chi connectivity index (χ0v) is 17.9. The smallest absolute Gasteiger partial charge is 0.243 e. The molecular weight excluding hydrogens is 397 g/mol. The Bertz CT molecular complexity index is 839. The van der Waals surface area contributed by atoms with E-state index in [0.717, 1.165) is 30.8 Å². The average Bonchev–Trinajstić information content (AvgIpc) is 2.78. The van der Waals surface area contributed by atoms with Crippen LogP contribution < -0.4 is 5.32 Å². The van der Waals surface area contributed by atoms with Gasteiger partial charge in [-0.2, -0.15) is 0 Å².